The summed E-state index contributed by atoms with van der Waals surface area (Å²) in [6.45, 7) is 6.17. The van der Waals surface area contributed by atoms with Gasteiger partial charge in [0, 0.05) is 19.3 Å². The summed E-state index contributed by atoms with van der Waals surface area (Å²) < 4.78 is 16.8. The SMILES string of the molecule is CC/C=C\C/C=C\C/C=C\C/C=C\C/C=C\C/C=C\CCC(=O)OC(COC(=O)CC/C=C\C/C=C\C/C=C\C/C=C\CC)COC(=O)CCCCCCCCCCCCCCCCCCCC/C=C\C/C=C\C/C=C\C/C=C\CC. The van der Waals surface area contributed by atoms with Crippen molar-refractivity contribution in [3.63, 3.8) is 0 Å². The molecule has 6 nitrogen and oxygen atoms in total. The van der Waals surface area contributed by atoms with Gasteiger partial charge in [0.1, 0.15) is 13.2 Å². The summed E-state index contributed by atoms with van der Waals surface area (Å²) in [6.07, 6.45) is 99.8. The van der Waals surface area contributed by atoms with Crippen LogP contribution in [0, 0.1) is 0 Å². The molecule has 0 fully saturated rings. The average Bonchev–Trinajstić information content (AvgIpc) is 3.46. The van der Waals surface area contributed by atoms with E-state index in [-0.39, 0.29) is 38.0 Å². The second kappa shape index (κ2) is 67.3. The highest BCUT2D eigenvalue weighted by atomic mass is 16.6. The van der Waals surface area contributed by atoms with Crippen LogP contribution in [0.15, 0.2) is 170 Å². The standard InChI is InChI=1S/C75H118O6/c1-4-7-10-13-16-19-22-25-27-29-31-32-33-34-35-36-37-38-39-40-41-42-44-45-47-50-53-56-59-62-65-68-74(77)80-71-72(70-79-73(76)67-64-61-58-55-52-49-24-21-18-15-12-9-6-3)81-75(78)69-66-63-60-57-54-51-48-46-43-30-28-26-23-20-17-14-11-8-5-2/h7-12,16-21,25-28,31-32,43,46,49,51-52,54,58,60-61,63,72H,4-6,13-15,22-24,29-30,33-42,44-45,47-48,50,53,55-57,59,62,64-71H2,1-3H3/b10-7-,11-8-,12-9-,19-16-,20-17-,21-18-,27-25-,28-26-,32-31-,46-43-,52-49-,54-51-,61-58-,63-60-. The number of rotatable bonds is 57. The molecule has 0 spiro atoms. The van der Waals surface area contributed by atoms with Crippen LogP contribution in [0.4, 0.5) is 0 Å². The molecule has 0 aromatic rings. The summed E-state index contributed by atoms with van der Waals surface area (Å²) in [6, 6.07) is 0. The Morgan fingerprint density at radius 3 is 0.765 bits per heavy atom. The van der Waals surface area contributed by atoms with Crippen LogP contribution in [0.1, 0.15) is 265 Å². The molecule has 0 aromatic heterocycles. The van der Waals surface area contributed by atoms with Crippen LogP contribution in [-0.2, 0) is 28.6 Å². The third kappa shape index (κ3) is 65.5. The molecule has 0 saturated heterocycles. The molecule has 0 aliphatic rings. The van der Waals surface area contributed by atoms with E-state index in [1.54, 1.807) is 0 Å². The van der Waals surface area contributed by atoms with E-state index >= 15 is 0 Å². The molecule has 0 aliphatic heterocycles. The predicted molar refractivity (Wildman–Crippen MR) is 352 cm³/mol. The van der Waals surface area contributed by atoms with E-state index in [2.05, 4.69) is 167 Å². The van der Waals surface area contributed by atoms with Gasteiger partial charge in [0.25, 0.3) is 0 Å². The van der Waals surface area contributed by atoms with E-state index in [1.165, 1.54) is 103 Å². The Kier molecular flexibility index (Phi) is 62.9. The summed E-state index contributed by atoms with van der Waals surface area (Å²) in [4.78, 5) is 38.2. The first kappa shape index (κ1) is 75.8. The number of carbonyl (C=O) groups excluding carboxylic acids is 3. The van der Waals surface area contributed by atoms with E-state index in [0.29, 0.717) is 19.3 Å². The van der Waals surface area contributed by atoms with Crippen LogP contribution in [0.3, 0.4) is 0 Å². The molecule has 0 aromatic carbocycles. The van der Waals surface area contributed by atoms with Gasteiger partial charge in [0.05, 0.1) is 0 Å². The van der Waals surface area contributed by atoms with Gasteiger partial charge in [0.15, 0.2) is 6.10 Å². The van der Waals surface area contributed by atoms with Crippen molar-refractivity contribution in [3.8, 4) is 0 Å². The lowest BCUT2D eigenvalue weighted by Crippen LogP contribution is -2.30. The predicted octanol–water partition coefficient (Wildman–Crippen LogP) is 22.7. The maximum atomic E-state index is 12.9. The second-order valence-electron chi connectivity index (χ2n) is 20.9. The number of esters is 3. The Hall–Kier alpha value is -5.23. The zero-order chi connectivity index (χ0) is 58.5. The topological polar surface area (TPSA) is 78.9 Å². The zero-order valence-corrected chi connectivity index (χ0v) is 52.0. The number of allylic oxidation sites excluding steroid dienone is 28. The van der Waals surface area contributed by atoms with Gasteiger partial charge in [-0.3, -0.25) is 14.4 Å². The minimum absolute atomic E-state index is 0.136. The highest BCUT2D eigenvalue weighted by Gasteiger charge is 2.19. The molecule has 0 radical (unpaired) electrons. The Balaban J connectivity index is 4.35. The van der Waals surface area contributed by atoms with Gasteiger partial charge in [-0.15, -0.1) is 0 Å². The zero-order valence-electron chi connectivity index (χ0n) is 52.0. The molecule has 454 valence electrons. The van der Waals surface area contributed by atoms with Crippen LogP contribution in [0.2, 0.25) is 0 Å². The first-order valence-electron chi connectivity index (χ1n) is 32.6. The van der Waals surface area contributed by atoms with Crippen molar-refractivity contribution in [2.24, 2.45) is 0 Å². The molecule has 1 atom stereocenters. The number of ether oxygens (including phenoxy) is 3. The molecule has 0 N–H and O–H groups in total. The number of hydrogen-bond donors (Lipinski definition) is 0. The Bertz CT molecular complexity index is 1860. The smallest absolute Gasteiger partial charge is 0.306 e. The molecule has 81 heavy (non-hydrogen) atoms. The Morgan fingerprint density at radius 2 is 0.469 bits per heavy atom. The van der Waals surface area contributed by atoms with E-state index in [1.807, 2.05) is 24.3 Å². The maximum absolute atomic E-state index is 12.9. The molecule has 0 rings (SSSR count). The number of carbonyl (C=O) groups is 3. The Morgan fingerprint density at radius 1 is 0.247 bits per heavy atom. The van der Waals surface area contributed by atoms with Crippen LogP contribution < -0.4 is 0 Å². The van der Waals surface area contributed by atoms with E-state index < -0.39 is 12.1 Å². The largest absolute Gasteiger partial charge is 0.462 e. The molecular formula is C75H118O6. The fourth-order valence-electron chi connectivity index (χ4n) is 8.47. The summed E-state index contributed by atoms with van der Waals surface area (Å²) in [5.74, 6) is -1.11. The molecule has 6 heteroatoms. The normalized spacial score (nSPS) is 13.3. The van der Waals surface area contributed by atoms with Gasteiger partial charge in [-0.1, -0.05) is 294 Å². The summed E-state index contributed by atoms with van der Waals surface area (Å²) >= 11 is 0. The molecule has 0 amide bonds. The fourth-order valence-corrected chi connectivity index (χ4v) is 8.47. The molecule has 1 unspecified atom stereocenters. The molecule has 0 aliphatic carbocycles. The van der Waals surface area contributed by atoms with Crippen molar-refractivity contribution in [1.82, 2.24) is 0 Å². The summed E-state index contributed by atoms with van der Waals surface area (Å²) in [5, 5.41) is 0. The lowest BCUT2D eigenvalue weighted by Gasteiger charge is -2.18. The molecule has 0 heterocycles. The van der Waals surface area contributed by atoms with Gasteiger partial charge < -0.3 is 14.2 Å². The van der Waals surface area contributed by atoms with Crippen LogP contribution >= 0.6 is 0 Å². The van der Waals surface area contributed by atoms with Gasteiger partial charge >= 0.3 is 17.9 Å². The minimum Gasteiger partial charge on any atom is -0.462 e. The first-order valence-corrected chi connectivity index (χ1v) is 32.6. The second-order valence-corrected chi connectivity index (χ2v) is 20.9. The number of unbranched alkanes of at least 4 members (excludes halogenated alkanes) is 18. The fraction of sp³-hybridized carbons (Fsp3) is 0.587. The highest BCUT2D eigenvalue weighted by molar-refractivity contribution is 5.71. The third-order valence-corrected chi connectivity index (χ3v) is 13.2. The highest BCUT2D eigenvalue weighted by Crippen LogP contribution is 2.16. The van der Waals surface area contributed by atoms with Crippen molar-refractivity contribution >= 4 is 17.9 Å². The van der Waals surface area contributed by atoms with Gasteiger partial charge in [-0.05, 0) is 122 Å². The monoisotopic (exact) mass is 1110 g/mol. The lowest BCUT2D eigenvalue weighted by atomic mass is 10.0. The average molecular weight is 1120 g/mol. The van der Waals surface area contributed by atoms with Gasteiger partial charge in [-0.2, -0.15) is 0 Å². The van der Waals surface area contributed by atoms with E-state index in [9.17, 15) is 14.4 Å². The van der Waals surface area contributed by atoms with Gasteiger partial charge in [-0.25, -0.2) is 0 Å². The first-order chi connectivity index (χ1) is 40.0. The molecule has 0 bridgehead atoms. The summed E-state index contributed by atoms with van der Waals surface area (Å²) in [7, 11) is 0. The number of hydrogen-bond acceptors (Lipinski definition) is 6. The van der Waals surface area contributed by atoms with E-state index in [4.69, 9.17) is 14.2 Å². The molecular weight excluding hydrogens is 997 g/mol. The van der Waals surface area contributed by atoms with Crippen LogP contribution in [0.5, 0.6) is 0 Å². The molecule has 0 saturated carbocycles. The maximum Gasteiger partial charge on any atom is 0.306 e. The van der Waals surface area contributed by atoms with Crippen LogP contribution in [-0.4, -0.2) is 37.2 Å². The van der Waals surface area contributed by atoms with Crippen molar-refractivity contribution in [1.29, 1.82) is 0 Å². The summed E-state index contributed by atoms with van der Waals surface area (Å²) in [5.41, 5.74) is 0. The van der Waals surface area contributed by atoms with Gasteiger partial charge in [0.2, 0.25) is 0 Å². The van der Waals surface area contributed by atoms with E-state index in [0.717, 1.165) is 109 Å². The quantitative estimate of drug-likeness (QED) is 0.0261. The van der Waals surface area contributed by atoms with Crippen LogP contribution in [0.25, 0.3) is 0 Å². The van der Waals surface area contributed by atoms with Crippen molar-refractivity contribution in [2.75, 3.05) is 13.2 Å². The minimum atomic E-state index is -0.855. The van der Waals surface area contributed by atoms with Crippen molar-refractivity contribution < 1.29 is 28.6 Å². The van der Waals surface area contributed by atoms with Crippen molar-refractivity contribution in [2.45, 2.75) is 271 Å². The Labute approximate surface area is 498 Å². The third-order valence-electron chi connectivity index (χ3n) is 13.2. The van der Waals surface area contributed by atoms with Crippen molar-refractivity contribution in [3.05, 3.63) is 170 Å². The lowest BCUT2D eigenvalue weighted by molar-refractivity contribution is -0.166.